The summed E-state index contributed by atoms with van der Waals surface area (Å²) < 4.78 is 0. The first kappa shape index (κ1) is 14.8. The monoisotopic (exact) mass is 301 g/mol. The maximum Gasteiger partial charge on any atom is 0.225 e. The molecule has 3 unspecified atom stereocenters. The van der Waals surface area contributed by atoms with Crippen LogP contribution in [0, 0.1) is 29.1 Å². The quantitative estimate of drug-likeness (QED) is 0.666. The van der Waals surface area contributed by atoms with Gasteiger partial charge in [0.2, 0.25) is 5.91 Å². The van der Waals surface area contributed by atoms with Crippen LogP contribution in [-0.2, 0) is 4.79 Å². The van der Waals surface area contributed by atoms with E-state index in [-0.39, 0.29) is 0 Å². The summed E-state index contributed by atoms with van der Waals surface area (Å²) in [5.74, 6) is 3.34. The lowest BCUT2D eigenvalue weighted by molar-refractivity contribution is -0.133. The van der Waals surface area contributed by atoms with Gasteiger partial charge >= 0.3 is 0 Å². The molecule has 2 nitrogen and oxygen atoms in total. The lowest BCUT2D eigenvalue weighted by Crippen LogP contribution is -2.37. The molecule has 22 heavy (non-hydrogen) atoms. The predicted molar refractivity (Wildman–Crippen MR) is 89.3 cm³/mol. The van der Waals surface area contributed by atoms with Crippen LogP contribution < -0.4 is 0 Å². The molecule has 1 amide bonds. The molecule has 0 aromatic heterocycles. The van der Waals surface area contributed by atoms with E-state index in [0.717, 1.165) is 43.7 Å². The average Bonchev–Trinajstić information content (AvgIpc) is 3.34. The summed E-state index contributed by atoms with van der Waals surface area (Å²) in [5, 5.41) is 0. The number of hydrogen-bond donors (Lipinski definition) is 0. The first-order valence-electron chi connectivity index (χ1n) is 9.50. The van der Waals surface area contributed by atoms with Crippen LogP contribution in [0.3, 0.4) is 0 Å². The number of hydrogen-bond acceptors (Lipinski definition) is 1. The van der Waals surface area contributed by atoms with Crippen molar-refractivity contribution >= 4 is 5.91 Å². The Balaban J connectivity index is 1.36. The molecule has 3 fully saturated rings. The summed E-state index contributed by atoms with van der Waals surface area (Å²) in [5.41, 5.74) is 2.10. The number of rotatable bonds is 6. The zero-order valence-electron chi connectivity index (χ0n) is 14.3. The molecule has 4 rings (SSSR count). The third-order valence-electron chi connectivity index (χ3n) is 6.88. The lowest BCUT2D eigenvalue weighted by Gasteiger charge is -2.30. The molecule has 2 heteroatoms. The topological polar surface area (TPSA) is 20.3 Å². The smallest absolute Gasteiger partial charge is 0.225 e. The lowest BCUT2D eigenvalue weighted by atomic mass is 9.78. The fraction of sp³-hybridized carbons (Fsp3) is 0.850. The van der Waals surface area contributed by atoms with Gasteiger partial charge < -0.3 is 4.90 Å². The fourth-order valence-corrected chi connectivity index (χ4v) is 4.53. The minimum Gasteiger partial charge on any atom is -0.342 e. The van der Waals surface area contributed by atoms with Crippen molar-refractivity contribution < 1.29 is 4.79 Å². The molecule has 0 aromatic carbocycles. The number of carbonyl (C=O) groups excluding carboxylic acids is 1. The van der Waals surface area contributed by atoms with E-state index in [9.17, 15) is 4.79 Å². The Morgan fingerprint density at radius 2 is 2.00 bits per heavy atom. The van der Waals surface area contributed by atoms with Gasteiger partial charge in [-0.25, -0.2) is 0 Å². The standard InChI is InChI=1S/C20H31NO/c1-14-3-9-17(10-4-14)20(2)11-18(20)13-21(12-15-5-6-15)19(22)16-7-8-16/h3,15-18H,4-13H2,1-2H3. The van der Waals surface area contributed by atoms with E-state index in [2.05, 4.69) is 24.8 Å². The molecule has 4 aliphatic carbocycles. The first-order valence-corrected chi connectivity index (χ1v) is 9.50. The van der Waals surface area contributed by atoms with E-state index in [1.807, 2.05) is 0 Å². The van der Waals surface area contributed by atoms with Gasteiger partial charge in [-0.2, -0.15) is 0 Å². The van der Waals surface area contributed by atoms with E-state index in [0.29, 0.717) is 17.2 Å². The van der Waals surface area contributed by atoms with Crippen molar-refractivity contribution in [2.45, 2.75) is 65.2 Å². The summed E-state index contributed by atoms with van der Waals surface area (Å²) in [7, 11) is 0. The highest BCUT2D eigenvalue weighted by molar-refractivity contribution is 5.81. The highest BCUT2D eigenvalue weighted by Gasteiger charge is 2.55. The van der Waals surface area contributed by atoms with Crippen LogP contribution >= 0.6 is 0 Å². The molecule has 0 aliphatic heterocycles. The Morgan fingerprint density at radius 3 is 2.59 bits per heavy atom. The van der Waals surface area contributed by atoms with Crippen LogP contribution in [0.4, 0.5) is 0 Å². The molecule has 0 saturated heterocycles. The van der Waals surface area contributed by atoms with Crippen molar-refractivity contribution in [1.82, 2.24) is 4.90 Å². The number of allylic oxidation sites excluding steroid dienone is 2. The molecule has 0 radical (unpaired) electrons. The third-order valence-corrected chi connectivity index (χ3v) is 6.88. The average molecular weight is 301 g/mol. The summed E-state index contributed by atoms with van der Waals surface area (Å²) in [6.07, 6.45) is 12.7. The van der Waals surface area contributed by atoms with Crippen LogP contribution in [0.15, 0.2) is 11.6 Å². The van der Waals surface area contributed by atoms with Gasteiger partial charge in [-0.1, -0.05) is 18.6 Å². The van der Waals surface area contributed by atoms with Crippen molar-refractivity contribution in [2.75, 3.05) is 13.1 Å². The van der Waals surface area contributed by atoms with Crippen LogP contribution in [0.1, 0.15) is 65.2 Å². The van der Waals surface area contributed by atoms with E-state index in [1.165, 1.54) is 38.5 Å². The van der Waals surface area contributed by atoms with Gasteiger partial charge in [-0.15, -0.1) is 0 Å². The molecular weight excluding hydrogens is 270 g/mol. The molecule has 0 spiro atoms. The number of amides is 1. The highest BCUT2D eigenvalue weighted by Crippen LogP contribution is 2.61. The molecule has 122 valence electrons. The third kappa shape index (κ3) is 2.98. The van der Waals surface area contributed by atoms with Gasteiger partial charge in [-0.05, 0) is 81.5 Å². The maximum atomic E-state index is 12.6. The van der Waals surface area contributed by atoms with Gasteiger partial charge in [0.05, 0.1) is 0 Å². The van der Waals surface area contributed by atoms with Crippen LogP contribution in [0.5, 0.6) is 0 Å². The largest absolute Gasteiger partial charge is 0.342 e. The van der Waals surface area contributed by atoms with Crippen LogP contribution in [-0.4, -0.2) is 23.9 Å². The molecule has 3 saturated carbocycles. The van der Waals surface area contributed by atoms with Gasteiger partial charge in [0, 0.05) is 19.0 Å². The van der Waals surface area contributed by atoms with Crippen molar-refractivity contribution in [2.24, 2.45) is 29.1 Å². The first-order chi connectivity index (χ1) is 10.6. The Kier molecular flexibility index (Phi) is 3.62. The molecule has 4 aliphatic rings. The van der Waals surface area contributed by atoms with E-state index >= 15 is 0 Å². The van der Waals surface area contributed by atoms with Gasteiger partial charge in [-0.3, -0.25) is 4.79 Å². The second kappa shape index (κ2) is 5.39. The minimum atomic E-state index is 0.393. The van der Waals surface area contributed by atoms with Crippen molar-refractivity contribution in [3.05, 3.63) is 11.6 Å². The minimum absolute atomic E-state index is 0.393. The second-order valence-electron chi connectivity index (χ2n) is 8.89. The Bertz CT molecular complexity index is 488. The Hall–Kier alpha value is -0.790. The Morgan fingerprint density at radius 1 is 1.23 bits per heavy atom. The van der Waals surface area contributed by atoms with Crippen molar-refractivity contribution in [1.29, 1.82) is 0 Å². The summed E-state index contributed by atoms with van der Waals surface area (Å²) >= 11 is 0. The predicted octanol–water partition coefficient (Wildman–Crippen LogP) is 4.41. The van der Waals surface area contributed by atoms with Crippen LogP contribution in [0.2, 0.25) is 0 Å². The van der Waals surface area contributed by atoms with Gasteiger partial charge in [0.15, 0.2) is 0 Å². The Labute approximate surface area is 135 Å². The number of nitrogens with zero attached hydrogens (tertiary/aromatic N) is 1. The van der Waals surface area contributed by atoms with E-state index < -0.39 is 0 Å². The fourth-order valence-electron chi connectivity index (χ4n) is 4.53. The van der Waals surface area contributed by atoms with Crippen LogP contribution in [0.25, 0.3) is 0 Å². The highest BCUT2D eigenvalue weighted by atomic mass is 16.2. The molecule has 0 aromatic rings. The summed E-state index contributed by atoms with van der Waals surface area (Å²) in [6, 6.07) is 0. The summed E-state index contributed by atoms with van der Waals surface area (Å²) in [6.45, 7) is 6.88. The molecular formula is C20H31NO. The molecule has 3 atom stereocenters. The van der Waals surface area contributed by atoms with Gasteiger partial charge in [0.25, 0.3) is 0 Å². The van der Waals surface area contributed by atoms with Gasteiger partial charge in [0.1, 0.15) is 0 Å². The van der Waals surface area contributed by atoms with Crippen molar-refractivity contribution in [3.63, 3.8) is 0 Å². The normalized spacial score (nSPS) is 37.6. The number of carbonyl (C=O) groups is 1. The van der Waals surface area contributed by atoms with E-state index in [4.69, 9.17) is 0 Å². The second-order valence-corrected chi connectivity index (χ2v) is 8.89. The van der Waals surface area contributed by atoms with Crippen molar-refractivity contribution in [3.8, 4) is 0 Å². The SMILES string of the molecule is CC1=CCC(C2(C)CC2CN(CC2CC2)C(=O)C2CC2)CC1. The molecule has 0 bridgehead atoms. The van der Waals surface area contributed by atoms with E-state index in [1.54, 1.807) is 5.57 Å². The molecule has 0 heterocycles. The zero-order valence-corrected chi connectivity index (χ0v) is 14.3. The maximum absolute atomic E-state index is 12.6. The zero-order chi connectivity index (χ0) is 15.3. The summed E-state index contributed by atoms with van der Waals surface area (Å²) in [4.78, 5) is 14.9. The molecule has 0 N–H and O–H groups in total.